The van der Waals surface area contributed by atoms with Crippen LogP contribution in [0.2, 0.25) is 10.0 Å². The van der Waals surface area contributed by atoms with Crippen LogP contribution in [0, 0.1) is 0 Å². The molecule has 276 valence electrons. The average Bonchev–Trinajstić information content (AvgIpc) is 3.75. The van der Waals surface area contributed by atoms with Crippen LogP contribution in [0.3, 0.4) is 0 Å². The predicted molar refractivity (Wildman–Crippen MR) is 203 cm³/mol. The molecule has 53 heavy (non-hydrogen) atoms. The zero-order chi connectivity index (χ0) is 37.9. The summed E-state index contributed by atoms with van der Waals surface area (Å²) in [4.78, 5) is 48.3. The van der Waals surface area contributed by atoms with Gasteiger partial charge in [-0.15, -0.1) is 0 Å². The molecule has 4 heterocycles. The average molecular weight is 760 g/mol. The first-order valence-electron chi connectivity index (χ1n) is 17.1. The molecule has 5 aromatic rings. The first-order valence-corrected chi connectivity index (χ1v) is 17.8. The maximum absolute atomic E-state index is 13.3. The molecule has 15 heteroatoms. The number of aromatic nitrogens is 4. The van der Waals surface area contributed by atoms with E-state index in [9.17, 15) is 14.4 Å². The van der Waals surface area contributed by atoms with Crippen molar-refractivity contribution in [2.24, 2.45) is 5.73 Å². The van der Waals surface area contributed by atoms with Crippen molar-refractivity contribution in [2.45, 2.75) is 51.8 Å². The first kappa shape index (κ1) is 37.5. The fourth-order valence-electron chi connectivity index (χ4n) is 6.02. The van der Waals surface area contributed by atoms with Crippen molar-refractivity contribution in [3.8, 4) is 39.5 Å². The highest BCUT2D eigenvalue weighted by Crippen LogP contribution is 2.42. The SMILES string of the molecule is COc1nc(-c2cccc(-c3cccc(-c4ccc5nc(C(=O)NCCN)cn5n4)c3Cl)c2Cl)ccc1CN(C[C@@H]1CCC(=O)N1)C(=O)OC(C)(C)C. The van der Waals surface area contributed by atoms with Crippen molar-refractivity contribution in [1.29, 1.82) is 0 Å². The molecule has 3 aromatic heterocycles. The van der Waals surface area contributed by atoms with Gasteiger partial charge in [0.25, 0.3) is 5.91 Å². The Morgan fingerprint density at radius 2 is 1.64 bits per heavy atom. The number of nitrogens with zero attached hydrogens (tertiary/aromatic N) is 5. The minimum absolute atomic E-state index is 0.0392. The highest BCUT2D eigenvalue weighted by atomic mass is 35.5. The highest BCUT2D eigenvalue weighted by Gasteiger charge is 2.29. The van der Waals surface area contributed by atoms with Crippen LogP contribution in [0.15, 0.2) is 66.9 Å². The van der Waals surface area contributed by atoms with Gasteiger partial charge in [0.05, 0.1) is 41.3 Å². The number of hydrogen-bond acceptors (Lipinski definition) is 9. The highest BCUT2D eigenvalue weighted by molar-refractivity contribution is 6.39. The fourth-order valence-corrected chi connectivity index (χ4v) is 6.67. The number of fused-ring (bicyclic) bond motifs is 1. The van der Waals surface area contributed by atoms with E-state index in [2.05, 4.69) is 20.7 Å². The number of nitrogens with one attached hydrogen (secondary N) is 2. The summed E-state index contributed by atoms with van der Waals surface area (Å²) in [5.74, 6) is -0.0613. The van der Waals surface area contributed by atoms with Crippen LogP contribution in [-0.4, -0.2) is 80.8 Å². The van der Waals surface area contributed by atoms with Gasteiger partial charge >= 0.3 is 6.09 Å². The number of benzene rings is 2. The molecule has 3 amide bonds. The lowest BCUT2D eigenvalue weighted by molar-refractivity contribution is -0.119. The molecule has 1 fully saturated rings. The Kier molecular flexibility index (Phi) is 11.2. The second kappa shape index (κ2) is 15.8. The van der Waals surface area contributed by atoms with Crippen LogP contribution in [0.1, 0.15) is 49.7 Å². The third-order valence-corrected chi connectivity index (χ3v) is 9.31. The molecule has 1 saturated heterocycles. The van der Waals surface area contributed by atoms with Gasteiger partial charge in [-0.1, -0.05) is 59.6 Å². The normalized spacial score (nSPS) is 14.2. The smallest absolute Gasteiger partial charge is 0.410 e. The number of carbonyl (C=O) groups is 3. The summed E-state index contributed by atoms with van der Waals surface area (Å²) in [6.45, 7) is 6.50. The molecule has 2 aromatic carbocycles. The quantitative estimate of drug-likeness (QED) is 0.143. The maximum atomic E-state index is 13.3. The fraction of sp³-hybridized carbons (Fsp3) is 0.316. The Bertz CT molecular complexity index is 2180. The number of carbonyl (C=O) groups excluding carboxylic acids is 3. The van der Waals surface area contributed by atoms with Crippen LogP contribution in [0.4, 0.5) is 4.79 Å². The van der Waals surface area contributed by atoms with E-state index in [0.717, 1.165) is 0 Å². The van der Waals surface area contributed by atoms with Gasteiger partial charge in [-0.3, -0.25) is 9.59 Å². The van der Waals surface area contributed by atoms with Crippen molar-refractivity contribution < 1.29 is 23.9 Å². The lowest BCUT2D eigenvalue weighted by Gasteiger charge is -2.29. The molecule has 6 rings (SSSR count). The molecule has 0 unspecified atom stereocenters. The molecule has 1 aliphatic rings. The second-order valence-electron chi connectivity index (χ2n) is 13.6. The standard InChI is InChI=1S/C38H40Cl2N8O5/c1-38(2,3)53-37(51)47(20-23-12-16-32(49)43-23)19-22-11-13-28(45-36(22)52-4)26-9-5-7-24(33(26)39)25-8-6-10-27(34(25)40)29-14-15-31-44-30(21-48(31)46-29)35(50)42-18-17-41/h5-11,13-15,21,23H,12,16-20,41H2,1-4H3,(H,42,50)(H,43,49)/t23-/m0/s1. The van der Waals surface area contributed by atoms with E-state index in [4.69, 9.17) is 43.4 Å². The summed E-state index contributed by atoms with van der Waals surface area (Å²) in [6, 6.07) is 18.2. The van der Waals surface area contributed by atoms with E-state index in [0.29, 0.717) is 86.7 Å². The molecule has 1 atom stereocenters. The Morgan fingerprint density at radius 3 is 2.26 bits per heavy atom. The zero-order valence-corrected chi connectivity index (χ0v) is 31.3. The lowest BCUT2D eigenvalue weighted by atomic mass is 9.98. The number of pyridine rings is 1. The number of nitrogens with two attached hydrogens (primary N) is 1. The molecule has 0 spiro atoms. The first-order chi connectivity index (χ1) is 25.3. The van der Waals surface area contributed by atoms with Crippen molar-refractivity contribution >= 4 is 46.8 Å². The summed E-state index contributed by atoms with van der Waals surface area (Å²) < 4.78 is 12.9. The van der Waals surface area contributed by atoms with Gasteiger partial charge in [0.2, 0.25) is 11.8 Å². The second-order valence-corrected chi connectivity index (χ2v) is 14.3. The largest absolute Gasteiger partial charge is 0.481 e. The zero-order valence-electron chi connectivity index (χ0n) is 29.8. The molecule has 0 aliphatic carbocycles. The summed E-state index contributed by atoms with van der Waals surface area (Å²) >= 11 is 14.2. The van der Waals surface area contributed by atoms with Crippen molar-refractivity contribution in [1.82, 2.24) is 35.1 Å². The number of halogens is 2. The molecule has 0 bridgehead atoms. The van der Waals surface area contributed by atoms with E-state index in [1.54, 1.807) is 44.0 Å². The number of amides is 3. The Hall–Kier alpha value is -5.24. The molecule has 13 nitrogen and oxygen atoms in total. The molecular weight excluding hydrogens is 719 g/mol. The van der Waals surface area contributed by atoms with Crippen LogP contribution >= 0.6 is 23.2 Å². The summed E-state index contributed by atoms with van der Waals surface area (Å²) in [5, 5.41) is 11.2. The van der Waals surface area contributed by atoms with Crippen molar-refractivity contribution in [3.63, 3.8) is 0 Å². The number of rotatable bonds is 11. The molecule has 1 aliphatic heterocycles. The minimum Gasteiger partial charge on any atom is -0.481 e. The van der Waals surface area contributed by atoms with E-state index < -0.39 is 11.7 Å². The Morgan fingerprint density at radius 1 is 0.981 bits per heavy atom. The molecule has 4 N–H and O–H groups in total. The van der Waals surface area contributed by atoms with Gasteiger partial charge in [0.1, 0.15) is 11.3 Å². The Balaban J connectivity index is 1.29. The predicted octanol–water partition coefficient (Wildman–Crippen LogP) is 6.14. The van der Waals surface area contributed by atoms with E-state index in [1.807, 2.05) is 48.5 Å². The number of imidazole rings is 1. The third kappa shape index (κ3) is 8.54. The lowest BCUT2D eigenvalue weighted by Crippen LogP contribution is -2.43. The number of hydrogen-bond donors (Lipinski definition) is 3. The third-order valence-electron chi connectivity index (χ3n) is 8.49. The maximum Gasteiger partial charge on any atom is 0.410 e. The van der Waals surface area contributed by atoms with Gasteiger partial charge < -0.3 is 30.7 Å². The van der Waals surface area contributed by atoms with Crippen LogP contribution < -0.4 is 21.1 Å². The minimum atomic E-state index is -0.706. The Labute approximate surface area is 316 Å². The van der Waals surface area contributed by atoms with E-state index >= 15 is 0 Å². The van der Waals surface area contributed by atoms with Gasteiger partial charge in [-0.2, -0.15) is 5.10 Å². The number of methoxy groups -OCH3 is 1. The van der Waals surface area contributed by atoms with E-state index in [-0.39, 0.29) is 36.6 Å². The van der Waals surface area contributed by atoms with Crippen LogP contribution in [-0.2, 0) is 16.1 Å². The van der Waals surface area contributed by atoms with E-state index in [1.165, 1.54) is 11.6 Å². The van der Waals surface area contributed by atoms with Crippen molar-refractivity contribution in [2.75, 3.05) is 26.7 Å². The van der Waals surface area contributed by atoms with Gasteiger partial charge in [0.15, 0.2) is 5.65 Å². The van der Waals surface area contributed by atoms with Crippen LogP contribution in [0.5, 0.6) is 5.88 Å². The molecule has 0 saturated carbocycles. The summed E-state index contributed by atoms with van der Waals surface area (Å²) in [6.07, 6.45) is 2.09. The van der Waals surface area contributed by atoms with Gasteiger partial charge in [0, 0.05) is 59.9 Å². The van der Waals surface area contributed by atoms with Crippen LogP contribution in [0.25, 0.3) is 39.3 Å². The molecular formula is C38H40Cl2N8O5. The number of ether oxygens (including phenoxy) is 2. The van der Waals surface area contributed by atoms with Gasteiger partial charge in [-0.05, 0) is 51.5 Å². The summed E-state index contributed by atoms with van der Waals surface area (Å²) in [5.41, 5.74) is 9.96. The van der Waals surface area contributed by atoms with Crippen molar-refractivity contribution in [3.05, 3.63) is 88.2 Å². The van der Waals surface area contributed by atoms with Gasteiger partial charge in [-0.25, -0.2) is 19.3 Å². The topological polar surface area (TPSA) is 166 Å². The summed E-state index contributed by atoms with van der Waals surface area (Å²) in [7, 11) is 1.51. The monoisotopic (exact) mass is 758 g/mol. The molecule has 0 radical (unpaired) electrons.